The van der Waals surface area contributed by atoms with Gasteiger partial charge in [0.25, 0.3) is 5.91 Å². The molecule has 2 rings (SSSR count). The van der Waals surface area contributed by atoms with Crippen LogP contribution in [0.1, 0.15) is 55.5 Å². The molecule has 0 spiro atoms. The third-order valence-electron chi connectivity index (χ3n) is 4.54. The van der Waals surface area contributed by atoms with Crippen molar-refractivity contribution in [3.63, 3.8) is 0 Å². The second kappa shape index (κ2) is 10.7. The Labute approximate surface area is 195 Å². The van der Waals surface area contributed by atoms with Crippen molar-refractivity contribution in [2.24, 2.45) is 5.92 Å². The SMILES string of the molecule is C=C(C)C(F)(F)COc1ncc(C(C)NC(=O)c2cc(C)nc(NC(=O)C(C)C)n2)cc1Cl. The number of rotatable bonds is 9. The molecule has 2 N–H and O–H groups in total. The first-order valence-corrected chi connectivity index (χ1v) is 10.5. The summed E-state index contributed by atoms with van der Waals surface area (Å²) in [5, 5.41) is 5.33. The number of alkyl halides is 2. The largest absolute Gasteiger partial charge is 0.470 e. The minimum atomic E-state index is -3.21. The highest BCUT2D eigenvalue weighted by Gasteiger charge is 2.31. The molecule has 1 unspecified atom stereocenters. The molecule has 0 radical (unpaired) electrons. The summed E-state index contributed by atoms with van der Waals surface area (Å²) in [6.07, 6.45) is 1.37. The quantitative estimate of drug-likeness (QED) is 0.510. The summed E-state index contributed by atoms with van der Waals surface area (Å²) in [4.78, 5) is 36.8. The van der Waals surface area contributed by atoms with E-state index in [1.807, 2.05) is 0 Å². The predicted molar refractivity (Wildman–Crippen MR) is 121 cm³/mol. The maximum Gasteiger partial charge on any atom is 0.302 e. The fourth-order valence-electron chi connectivity index (χ4n) is 2.41. The molecule has 0 saturated heterocycles. The van der Waals surface area contributed by atoms with E-state index < -0.39 is 24.5 Å². The lowest BCUT2D eigenvalue weighted by Gasteiger charge is -2.18. The molecule has 2 aromatic heterocycles. The van der Waals surface area contributed by atoms with E-state index >= 15 is 0 Å². The summed E-state index contributed by atoms with van der Waals surface area (Å²) in [5.41, 5.74) is 0.749. The third kappa shape index (κ3) is 7.18. The number of amides is 2. The number of aryl methyl sites for hydroxylation is 1. The summed E-state index contributed by atoms with van der Waals surface area (Å²) < 4.78 is 32.4. The van der Waals surface area contributed by atoms with Gasteiger partial charge in [-0.1, -0.05) is 32.0 Å². The first kappa shape index (κ1) is 26.1. The van der Waals surface area contributed by atoms with Crippen LogP contribution in [0.15, 0.2) is 30.5 Å². The minimum Gasteiger partial charge on any atom is -0.470 e. The second-order valence-electron chi connectivity index (χ2n) is 7.89. The summed E-state index contributed by atoms with van der Waals surface area (Å²) in [6, 6.07) is 2.40. The molecular formula is C22H26ClF2N5O3. The second-order valence-corrected chi connectivity index (χ2v) is 8.29. The number of anilines is 1. The first-order chi connectivity index (χ1) is 15.3. The Morgan fingerprint density at radius 2 is 1.91 bits per heavy atom. The number of halogens is 3. The van der Waals surface area contributed by atoms with Gasteiger partial charge in [0.05, 0.1) is 6.04 Å². The van der Waals surface area contributed by atoms with E-state index in [1.165, 1.54) is 25.3 Å². The first-order valence-electron chi connectivity index (χ1n) is 10.1. The van der Waals surface area contributed by atoms with Crippen molar-refractivity contribution in [3.05, 3.63) is 52.5 Å². The number of carbonyl (C=O) groups is 2. The molecule has 2 heterocycles. The topological polar surface area (TPSA) is 106 Å². The van der Waals surface area contributed by atoms with Crippen molar-refractivity contribution in [2.45, 2.75) is 46.6 Å². The number of pyridine rings is 1. The molecule has 0 aromatic carbocycles. The van der Waals surface area contributed by atoms with Crippen LogP contribution >= 0.6 is 11.6 Å². The van der Waals surface area contributed by atoms with Crippen LogP contribution in [0.5, 0.6) is 5.88 Å². The van der Waals surface area contributed by atoms with Gasteiger partial charge < -0.3 is 10.1 Å². The average molecular weight is 482 g/mol. The van der Waals surface area contributed by atoms with Gasteiger partial charge in [-0.15, -0.1) is 0 Å². The molecule has 8 nitrogen and oxygen atoms in total. The molecule has 0 saturated carbocycles. The lowest BCUT2D eigenvalue weighted by molar-refractivity contribution is -0.118. The van der Waals surface area contributed by atoms with Crippen molar-refractivity contribution >= 4 is 29.4 Å². The molecule has 0 bridgehead atoms. The molecule has 2 aromatic rings. The van der Waals surface area contributed by atoms with E-state index in [-0.39, 0.29) is 39.9 Å². The van der Waals surface area contributed by atoms with Crippen molar-refractivity contribution in [1.29, 1.82) is 0 Å². The smallest absolute Gasteiger partial charge is 0.302 e. The highest BCUT2D eigenvalue weighted by atomic mass is 35.5. The van der Waals surface area contributed by atoms with Crippen molar-refractivity contribution in [3.8, 4) is 5.88 Å². The Kier molecular flexibility index (Phi) is 8.43. The molecule has 0 aliphatic rings. The van der Waals surface area contributed by atoms with E-state index in [1.54, 1.807) is 27.7 Å². The number of nitrogens with zero attached hydrogens (tertiary/aromatic N) is 3. The molecular weight excluding hydrogens is 456 g/mol. The normalized spacial score (nSPS) is 12.3. The lowest BCUT2D eigenvalue weighted by Crippen LogP contribution is -2.29. The summed E-state index contributed by atoms with van der Waals surface area (Å²) in [5.74, 6) is -4.40. The number of nitrogens with one attached hydrogen (secondary N) is 2. The zero-order chi connectivity index (χ0) is 24.9. The highest BCUT2D eigenvalue weighted by Crippen LogP contribution is 2.28. The van der Waals surface area contributed by atoms with E-state index in [4.69, 9.17) is 16.3 Å². The minimum absolute atomic E-state index is 0.0164. The Hall–Kier alpha value is -3.14. The Bertz CT molecular complexity index is 1060. The van der Waals surface area contributed by atoms with Gasteiger partial charge in [-0.3, -0.25) is 14.9 Å². The monoisotopic (exact) mass is 481 g/mol. The standard InChI is InChI=1S/C22H26ClF2N5O3/c1-11(2)18(31)30-21-27-13(5)7-17(29-21)19(32)28-14(6)15-8-16(23)20(26-9-15)33-10-22(24,25)12(3)4/h7-9,11,14H,3,10H2,1-2,4-6H3,(H,28,32)(H,27,29,30,31). The maximum atomic E-state index is 13.7. The zero-order valence-corrected chi connectivity index (χ0v) is 19.8. The number of hydrogen-bond donors (Lipinski definition) is 2. The molecule has 178 valence electrons. The Morgan fingerprint density at radius 3 is 2.48 bits per heavy atom. The van der Waals surface area contributed by atoms with Crippen LogP contribution in [-0.4, -0.2) is 39.3 Å². The number of ether oxygens (including phenoxy) is 1. The molecule has 2 amide bonds. The summed E-state index contributed by atoms with van der Waals surface area (Å²) in [6.45, 7) is 10.3. The van der Waals surface area contributed by atoms with Gasteiger partial charge in [-0.05, 0) is 44.0 Å². The van der Waals surface area contributed by atoms with Crippen LogP contribution in [0.2, 0.25) is 5.02 Å². The summed E-state index contributed by atoms with van der Waals surface area (Å²) in [7, 11) is 0. The fraction of sp³-hybridized carbons (Fsp3) is 0.409. The predicted octanol–water partition coefficient (Wildman–Crippen LogP) is 4.51. The maximum absolute atomic E-state index is 13.7. The van der Waals surface area contributed by atoms with Crippen LogP contribution in [0.25, 0.3) is 0 Å². The Morgan fingerprint density at radius 1 is 1.24 bits per heavy atom. The highest BCUT2D eigenvalue weighted by molar-refractivity contribution is 6.31. The van der Waals surface area contributed by atoms with E-state index in [9.17, 15) is 18.4 Å². The van der Waals surface area contributed by atoms with Gasteiger partial charge >= 0.3 is 5.92 Å². The van der Waals surface area contributed by atoms with Gasteiger partial charge in [0, 0.05) is 17.8 Å². The van der Waals surface area contributed by atoms with E-state index in [2.05, 4.69) is 32.2 Å². The van der Waals surface area contributed by atoms with E-state index in [0.717, 1.165) is 0 Å². The van der Waals surface area contributed by atoms with Gasteiger partial charge in [0.2, 0.25) is 17.7 Å². The van der Waals surface area contributed by atoms with E-state index in [0.29, 0.717) is 11.3 Å². The lowest BCUT2D eigenvalue weighted by atomic mass is 10.1. The molecule has 0 aliphatic carbocycles. The van der Waals surface area contributed by atoms with Gasteiger partial charge in [-0.25, -0.2) is 15.0 Å². The molecule has 0 fully saturated rings. The molecule has 0 aliphatic heterocycles. The summed E-state index contributed by atoms with van der Waals surface area (Å²) >= 11 is 6.12. The molecule has 1 atom stereocenters. The Balaban J connectivity index is 2.10. The van der Waals surface area contributed by atoms with Crippen LogP contribution in [0, 0.1) is 12.8 Å². The molecule has 11 heteroatoms. The van der Waals surface area contributed by atoms with Crippen LogP contribution in [0.3, 0.4) is 0 Å². The van der Waals surface area contributed by atoms with Gasteiger partial charge in [-0.2, -0.15) is 8.78 Å². The fourth-order valence-corrected chi connectivity index (χ4v) is 2.64. The van der Waals surface area contributed by atoms with Crippen molar-refractivity contribution in [1.82, 2.24) is 20.3 Å². The molecule has 33 heavy (non-hydrogen) atoms. The van der Waals surface area contributed by atoms with Crippen LogP contribution in [0.4, 0.5) is 14.7 Å². The van der Waals surface area contributed by atoms with Crippen LogP contribution < -0.4 is 15.4 Å². The number of hydrogen-bond acceptors (Lipinski definition) is 6. The zero-order valence-electron chi connectivity index (χ0n) is 19.0. The number of carbonyl (C=O) groups excluding carboxylic acids is 2. The van der Waals surface area contributed by atoms with Crippen molar-refractivity contribution < 1.29 is 23.1 Å². The van der Waals surface area contributed by atoms with Crippen LogP contribution in [-0.2, 0) is 4.79 Å². The third-order valence-corrected chi connectivity index (χ3v) is 4.81. The van der Waals surface area contributed by atoms with Gasteiger partial charge in [0.1, 0.15) is 10.7 Å². The van der Waals surface area contributed by atoms with Crippen molar-refractivity contribution in [2.75, 3.05) is 11.9 Å². The number of aromatic nitrogens is 3. The van der Waals surface area contributed by atoms with Gasteiger partial charge in [0.15, 0.2) is 6.61 Å². The average Bonchev–Trinajstić information content (AvgIpc) is 2.72.